The van der Waals surface area contributed by atoms with E-state index in [0.29, 0.717) is 12.0 Å². The fourth-order valence-corrected chi connectivity index (χ4v) is 5.56. The van der Waals surface area contributed by atoms with Gasteiger partial charge in [0.15, 0.2) is 0 Å². The number of H-pyrrole nitrogens is 1. The number of nitrogens with zero attached hydrogens (tertiary/aromatic N) is 1. The Morgan fingerprint density at radius 2 is 2.04 bits per heavy atom. The van der Waals surface area contributed by atoms with Crippen molar-refractivity contribution in [1.82, 2.24) is 9.88 Å². The van der Waals surface area contributed by atoms with E-state index in [-0.39, 0.29) is 11.8 Å². The number of para-hydroxylation sites is 1. The molecule has 126 valence electrons. The van der Waals surface area contributed by atoms with Crippen LogP contribution < -0.4 is 5.73 Å². The maximum absolute atomic E-state index is 11.6. The summed E-state index contributed by atoms with van der Waals surface area (Å²) in [6.45, 7) is 2.36. The molecule has 2 aromatic rings. The number of benzene rings is 1. The number of nitrogens with two attached hydrogens (primary N) is 1. The SMILES string of the molecule is NC(=O)C1CCC2CN3CCc4c([nH]c5ccccc45)C3CC2C1. The van der Waals surface area contributed by atoms with E-state index in [0.717, 1.165) is 25.2 Å². The molecule has 4 heteroatoms. The number of carbonyl (C=O) groups excluding carboxylic acids is 1. The number of carbonyl (C=O) groups is 1. The van der Waals surface area contributed by atoms with Gasteiger partial charge in [-0.25, -0.2) is 0 Å². The lowest BCUT2D eigenvalue weighted by Gasteiger charge is -2.49. The van der Waals surface area contributed by atoms with E-state index < -0.39 is 0 Å². The first-order chi connectivity index (χ1) is 11.7. The minimum atomic E-state index is -0.0918. The van der Waals surface area contributed by atoms with E-state index in [1.54, 1.807) is 0 Å². The standard InChI is InChI=1S/C20H25N3O/c21-20(24)12-5-6-13-11-23-8-7-16-15-3-1-2-4-17(15)22-19(16)18(23)10-14(13)9-12/h1-4,12-14,18,22H,5-11H2,(H2,21,24). The number of aromatic amines is 1. The highest BCUT2D eigenvalue weighted by Gasteiger charge is 2.43. The number of amides is 1. The molecule has 0 radical (unpaired) electrons. The summed E-state index contributed by atoms with van der Waals surface area (Å²) in [5.41, 5.74) is 9.81. The molecule has 4 atom stereocenters. The summed E-state index contributed by atoms with van der Waals surface area (Å²) in [6.07, 6.45) is 5.49. The second-order valence-corrected chi connectivity index (χ2v) is 7.99. The van der Waals surface area contributed by atoms with Crippen molar-refractivity contribution >= 4 is 16.8 Å². The number of hydrogen-bond donors (Lipinski definition) is 2. The van der Waals surface area contributed by atoms with Crippen molar-refractivity contribution in [3.63, 3.8) is 0 Å². The van der Waals surface area contributed by atoms with Gasteiger partial charge in [-0.05, 0) is 55.6 Å². The summed E-state index contributed by atoms with van der Waals surface area (Å²) in [6, 6.07) is 9.17. The minimum absolute atomic E-state index is 0.0918. The van der Waals surface area contributed by atoms with Crippen molar-refractivity contribution < 1.29 is 4.79 Å². The maximum Gasteiger partial charge on any atom is 0.220 e. The molecule has 2 fully saturated rings. The Labute approximate surface area is 142 Å². The Morgan fingerprint density at radius 1 is 1.17 bits per heavy atom. The fourth-order valence-electron chi connectivity index (χ4n) is 5.56. The van der Waals surface area contributed by atoms with Crippen molar-refractivity contribution in [1.29, 1.82) is 0 Å². The molecule has 1 aromatic heterocycles. The fraction of sp³-hybridized carbons (Fsp3) is 0.550. The average molecular weight is 323 g/mol. The molecular formula is C20H25N3O. The molecule has 3 N–H and O–H groups in total. The van der Waals surface area contributed by atoms with Gasteiger partial charge in [-0.3, -0.25) is 9.69 Å². The molecule has 1 saturated heterocycles. The summed E-state index contributed by atoms with van der Waals surface area (Å²) in [7, 11) is 0. The number of piperidine rings is 1. The van der Waals surface area contributed by atoms with Crippen molar-refractivity contribution in [2.75, 3.05) is 13.1 Å². The van der Waals surface area contributed by atoms with Crippen LogP contribution in [0.2, 0.25) is 0 Å². The molecule has 2 aliphatic heterocycles. The highest BCUT2D eigenvalue weighted by Crippen LogP contribution is 2.48. The lowest BCUT2D eigenvalue weighted by molar-refractivity contribution is -0.124. The number of primary amides is 1. The van der Waals surface area contributed by atoms with Gasteiger partial charge >= 0.3 is 0 Å². The Morgan fingerprint density at radius 3 is 2.92 bits per heavy atom. The monoisotopic (exact) mass is 323 g/mol. The van der Waals surface area contributed by atoms with Crippen LogP contribution in [-0.4, -0.2) is 28.9 Å². The molecule has 4 nitrogen and oxygen atoms in total. The van der Waals surface area contributed by atoms with Crippen molar-refractivity contribution in [2.45, 2.75) is 38.1 Å². The van der Waals surface area contributed by atoms with Crippen LogP contribution in [0.1, 0.15) is 43.0 Å². The first-order valence-electron chi connectivity index (χ1n) is 9.33. The highest BCUT2D eigenvalue weighted by atomic mass is 16.1. The molecule has 0 spiro atoms. The second kappa shape index (κ2) is 5.35. The second-order valence-electron chi connectivity index (χ2n) is 7.99. The van der Waals surface area contributed by atoms with E-state index in [4.69, 9.17) is 5.73 Å². The van der Waals surface area contributed by atoms with Crippen LogP contribution in [0, 0.1) is 17.8 Å². The van der Waals surface area contributed by atoms with Crippen LogP contribution in [-0.2, 0) is 11.2 Å². The van der Waals surface area contributed by atoms with Crippen LogP contribution >= 0.6 is 0 Å². The van der Waals surface area contributed by atoms with Crippen molar-refractivity contribution in [3.05, 3.63) is 35.5 Å². The third-order valence-corrected chi connectivity index (χ3v) is 6.81. The van der Waals surface area contributed by atoms with Gasteiger partial charge in [-0.15, -0.1) is 0 Å². The van der Waals surface area contributed by atoms with Gasteiger partial charge < -0.3 is 10.7 Å². The zero-order valence-electron chi connectivity index (χ0n) is 14.0. The van der Waals surface area contributed by atoms with Crippen LogP contribution in [0.25, 0.3) is 10.9 Å². The molecule has 5 rings (SSSR count). The zero-order valence-corrected chi connectivity index (χ0v) is 14.0. The molecule has 0 bridgehead atoms. The Hall–Kier alpha value is -1.81. The highest BCUT2D eigenvalue weighted by molar-refractivity contribution is 5.85. The van der Waals surface area contributed by atoms with Crippen molar-refractivity contribution in [2.24, 2.45) is 23.5 Å². The Balaban J connectivity index is 1.48. The molecule has 1 amide bonds. The van der Waals surface area contributed by atoms with Gasteiger partial charge in [-0.1, -0.05) is 18.2 Å². The van der Waals surface area contributed by atoms with Crippen molar-refractivity contribution in [3.8, 4) is 0 Å². The summed E-state index contributed by atoms with van der Waals surface area (Å²) in [4.78, 5) is 18.0. The molecular weight excluding hydrogens is 298 g/mol. The lowest BCUT2D eigenvalue weighted by atomic mass is 9.68. The summed E-state index contributed by atoms with van der Waals surface area (Å²) >= 11 is 0. The molecule has 24 heavy (non-hydrogen) atoms. The smallest absolute Gasteiger partial charge is 0.220 e. The summed E-state index contributed by atoms with van der Waals surface area (Å²) in [5, 5.41) is 1.40. The quantitative estimate of drug-likeness (QED) is 0.847. The van der Waals surface area contributed by atoms with Crippen LogP contribution in [0.4, 0.5) is 0 Å². The first-order valence-corrected chi connectivity index (χ1v) is 9.33. The third-order valence-electron chi connectivity index (χ3n) is 6.81. The lowest BCUT2D eigenvalue weighted by Crippen LogP contribution is -2.48. The number of hydrogen-bond acceptors (Lipinski definition) is 2. The van der Waals surface area contributed by atoms with Gasteiger partial charge in [0, 0.05) is 35.6 Å². The Bertz CT molecular complexity index is 795. The van der Waals surface area contributed by atoms with Crippen LogP contribution in [0.3, 0.4) is 0 Å². The zero-order chi connectivity index (χ0) is 16.3. The third kappa shape index (κ3) is 2.12. The number of rotatable bonds is 1. The van der Waals surface area contributed by atoms with Gasteiger partial charge in [0.25, 0.3) is 0 Å². The van der Waals surface area contributed by atoms with E-state index in [2.05, 4.69) is 34.1 Å². The van der Waals surface area contributed by atoms with Crippen LogP contribution in [0.15, 0.2) is 24.3 Å². The number of fused-ring (bicyclic) bond motifs is 6. The normalized spacial score (nSPS) is 32.8. The maximum atomic E-state index is 11.6. The van der Waals surface area contributed by atoms with Gasteiger partial charge in [0.2, 0.25) is 5.91 Å². The minimum Gasteiger partial charge on any atom is -0.369 e. The van der Waals surface area contributed by atoms with E-state index in [1.807, 2.05) is 0 Å². The summed E-state index contributed by atoms with van der Waals surface area (Å²) in [5.74, 6) is 1.41. The average Bonchev–Trinajstić information content (AvgIpc) is 2.98. The predicted molar refractivity (Wildman–Crippen MR) is 94.4 cm³/mol. The van der Waals surface area contributed by atoms with Gasteiger partial charge in [0.1, 0.15) is 0 Å². The number of nitrogens with one attached hydrogen (secondary N) is 1. The molecule has 3 heterocycles. The first kappa shape index (κ1) is 14.5. The van der Waals surface area contributed by atoms with Gasteiger partial charge in [-0.2, -0.15) is 0 Å². The predicted octanol–water partition coefficient (Wildman–Crippen LogP) is 2.99. The molecule has 4 unspecified atom stereocenters. The van der Waals surface area contributed by atoms with E-state index in [1.165, 1.54) is 48.1 Å². The Kier molecular flexibility index (Phi) is 3.24. The van der Waals surface area contributed by atoms with Gasteiger partial charge in [0.05, 0.1) is 6.04 Å². The molecule has 3 aliphatic rings. The number of aromatic nitrogens is 1. The summed E-state index contributed by atoms with van der Waals surface area (Å²) < 4.78 is 0. The topological polar surface area (TPSA) is 62.1 Å². The van der Waals surface area contributed by atoms with Crippen LogP contribution in [0.5, 0.6) is 0 Å². The van der Waals surface area contributed by atoms with E-state index in [9.17, 15) is 4.79 Å². The molecule has 1 saturated carbocycles. The molecule has 1 aliphatic carbocycles. The van der Waals surface area contributed by atoms with E-state index >= 15 is 0 Å². The molecule has 1 aromatic carbocycles. The largest absolute Gasteiger partial charge is 0.369 e.